The van der Waals surface area contributed by atoms with Gasteiger partial charge in [0.2, 0.25) is 5.69 Å². The zero-order chi connectivity index (χ0) is 23.3. The largest absolute Gasteiger partial charge is 0.364 e. The van der Waals surface area contributed by atoms with Gasteiger partial charge in [-0.15, -0.1) is 11.8 Å². The fraction of sp³-hybridized carbons (Fsp3) is 0.435. The zero-order valence-corrected chi connectivity index (χ0v) is 20.3. The van der Waals surface area contributed by atoms with Gasteiger partial charge < -0.3 is 9.80 Å². The fourth-order valence-electron chi connectivity index (χ4n) is 3.73. The molecule has 9 heteroatoms. The first-order valence-electron chi connectivity index (χ1n) is 10.5. The Morgan fingerprint density at radius 3 is 2.53 bits per heavy atom. The van der Waals surface area contributed by atoms with E-state index < -0.39 is 9.84 Å². The molecule has 0 bridgehead atoms. The fourth-order valence-corrected chi connectivity index (χ4v) is 5.32. The summed E-state index contributed by atoms with van der Waals surface area (Å²) < 4.78 is 23.4. The second kappa shape index (κ2) is 10.4. The van der Waals surface area contributed by atoms with Gasteiger partial charge in [0.15, 0.2) is 9.84 Å². The number of anilines is 1. The zero-order valence-electron chi connectivity index (χ0n) is 18.6. The number of pyridine rings is 1. The lowest BCUT2D eigenvalue weighted by Crippen LogP contribution is -2.29. The molecule has 0 amide bonds. The van der Waals surface area contributed by atoms with E-state index in [9.17, 15) is 13.7 Å². The minimum absolute atomic E-state index is 0.283. The van der Waals surface area contributed by atoms with Crippen LogP contribution in [0.5, 0.6) is 0 Å². The molecule has 1 saturated heterocycles. The number of rotatable bonds is 6. The predicted molar refractivity (Wildman–Crippen MR) is 128 cm³/mol. The Kier molecular flexibility index (Phi) is 7.78. The number of likely N-dealkylation sites (N-methyl/N-ethyl adjacent to an activating group) is 1. The summed E-state index contributed by atoms with van der Waals surface area (Å²) in [6.45, 7) is 13.3. The van der Waals surface area contributed by atoms with Crippen LogP contribution in [0.25, 0.3) is 4.85 Å². The first-order chi connectivity index (χ1) is 15.3. The molecular weight excluding hydrogens is 442 g/mol. The standard InChI is InChI=1S/C23H27N5O2S2/c1-5-19-20(15-24)23(31-16-17-7-9-18(10-8-17)32(4,29)30)26-22(21(19)25-2)28-12-6-11-27(3)13-14-28/h7-10H,5-6,11-14,16H2,1,3-4H3. The van der Waals surface area contributed by atoms with Crippen molar-refractivity contribution < 1.29 is 8.42 Å². The molecule has 1 fully saturated rings. The van der Waals surface area contributed by atoms with Crippen LogP contribution in [0.3, 0.4) is 0 Å². The van der Waals surface area contributed by atoms with Crippen LogP contribution in [0.15, 0.2) is 34.2 Å². The molecule has 0 radical (unpaired) electrons. The van der Waals surface area contributed by atoms with Gasteiger partial charge in [0.05, 0.1) is 17.0 Å². The summed E-state index contributed by atoms with van der Waals surface area (Å²) in [5, 5.41) is 10.5. The van der Waals surface area contributed by atoms with Crippen LogP contribution in [0.4, 0.5) is 11.5 Å². The predicted octanol–water partition coefficient (Wildman–Crippen LogP) is 3.90. The molecule has 2 heterocycles. The van der Waals surface area contributed by atoms with Crippen molar-refractivity contribution in [1.82, 2.24) is 9.88 Å². The molecule has 3 rings (SSSR count). The number of sulfone groups is 1. The molecule has 1 aliphatic rings. The Hall–Kier alpha value is -2.59. The molecule has 32 heavy (non-hydrogen) atoms. The summed E-state index contributed by atoms with van der Waals surface area (Å²) in [7, 11) is -1.14. The molecule has 0 N–H and O–H groups in total. The van der Waals surface area contributed by atoms with Crippen LogP contribution in [0.2, 0.25) is 0 Å². The molecule has 2 aromatic rings. The van der Waals surface area contributed by atoms with Crippen molar-refractivity contribution in [3.05, 3.63) is 52.4 Å². The second-order valence-corrected chi connectivity index (χ2v) is 10.8. The van der Waals surface area contributed by atoms with Crippen LogP contribution in [0.1, 0.15) is 30.0 Å². The van der Waals surface area contributed by atoms with E-state index in [1.165, 1.54) is 18.0 Å². The number of nitrogens with zero attached hydrogens (tertiary/aromatic N) is 5. The van der Waals surface area contributed by atoms with Crippen LogP contribution >= 0.6 is 11.8 Å². The average Bonchev–Trinajstić information content (AvgIpc) is 3.00. The van der Waals surface area contributed by atoms with Gasteiger partial charge in [-0.25, -0.2) is 18.2 Å². The van der Waals surface area contributed by atoms with Crippen molar-refractivity contribution >= 4 is 33.1 Å². The second-order valence-electron chi connectivity index (χ2n) is 7.87. The van der Waals surface area contributed by atoms with Crippen molar-refractivity contribution in [2.45, 2.75) is 35.4 Å². The van der Waals surface area contributed by atoms with Crippen molar-refractivity contribution in [2.24, 2.45) is 0 Å². The van der Waals surface area contributed by atoms with Crippen molar-refractivity contribution in [3.8, 4) is 6.07 Å². The normalized spacial score (nSPS) is 15.1. The van der Waals surface area contributed by atoms with Gasteiger partial charge in [-0.2, -0.15) is 5.26 Å². The van der Waals surface area contributed by atoms with Crippen molar-refractivity contribution in [3.63, 3.8) is 0 Å². The summed E-state index contributed by atoms with van der Waals surface area (Å²) in [4.78, 5) is 13.3. The Morgan fingerprint density at radius 2 is 1.94 bits per heavy atom. The highest BCUT2D eigenvalue weighted by atomic mass is 32.2. The molecule has 0 saturated carbocycles. The van der Waals surface area contributed by atoms with Gasteiger partial charge >= 0.3 is 0 Å². The van der Waals surface area contributed by atoms with E-state index in [0.717, 1.165) is 43.7 Å². The minimum atomic E-state index is -3.24. The monoisotopic (exact) mass is 469 g/mol. The summed E-state index contributed by atoms with van der Waals surface area (Å²) >= 11 is 1.45. The lowest BCUT2D eigenvalue weighted by atomic mass is 10.1. The van der Waals surface area contributed by atoms with Gasteiger partial charge in [0.1, 0.15) is 16.9 Å². The number of benzene rings is 1. The number of hydrogen-bond acceptors (Lipinski definition) is 7. The molecule has 1 aromatic heterocycles. The average molecular weight is 470 g/mol. The van der Waals surface area contributed by atoms with Crippen LogP contribution in [0, 0.1) is 17.9 Å². The van der Waals surface area contributed by atoms with Crippen LogP contribution in [-0.2, 0) is 22.0 Å². The third-order valence-corrected chi connectivity index (χ3v) is 7.72. The van der Waals surface area contributed by atoms with Gasteiger partial charge in [-0.1, -0.05) is 19.1 Å². The third-order valence-electron chi connectivity index (χ3n) is 5.54. The van der Waals surface area contributed by atoms with E-state index in [4.69, 9.17) is 11.6 Å². The van der Waals surface area contributed by atoms with E-state index in [0.29, 0.717) is 34.3 Å². The highest BCUT2D eigenvalue weighted by Crippen LogP contribution is 2.39. The molecular formula is C23H27N5O2S2. The molecule has 1 aromatic carbocycles. The lowest BCUT2D eigenvalue weighted by molar-refractivity contribution is 0.360. The van der Waals surface area contributed by atoms with E-state index in [-0.39, 0.29) is 4.90 Å². The maximum atomic E-state index is 11.7. The summed E-state index contributed by atoms with van der Waals surface area (Å²) in [6.07, 6.45) is 2.76. The molecule has 0 unspecified atom stereocenters. The Bertz CT molecular complexity index is 1160. The van der Waals surface area contributed by atoms with Crippen LogP contribution in [-0.4, -0.2) is 57.8 Å². The lowest BCUT2D eigenvalue weighted by Gasteiger charge is -2.25. The van der Waals surface area contributed by atoms with Crippen molar-refractivity contribution in [2.75, 3.05) is 44.4 Å². The van der Waals surface area contributed by atoms with E-state index in [2.05, 4.69) is 27.8 Å². The molecule has 0 atom stereocenters. The molecule has 0 spiro atoms. The molecule has 1 aliphatic heterocycles. The van der Waals surface area contributed by atoms with E-state index in [1.54, 1.807) is 24.3 Å². The van der Waals surface area contributed by atoms with E-state index in [1.807, 2.05) is 6.92 Å². The third kappa shape index (κ3) is 5.42. The SMILES string of the molecule is [C-]#[N+]c1c(N2CCCN(C)CC2)nc(SCc2ccc(S(C)(=O)=O)cc2)c(C#N)c1CC. The maximum Gasteiger partial charge on any atom is 0.232 e. The first kappa shape index (κ1) is 24.1. The smallest absolute Gasteiger partial charge is 0.232 e. The number of thioether (sulfide) groups is 1. The molecule has 0 aliphatic carbocycles. The van der Waals surface area contributed by atoms with Gasteiger partial charge in [0, 0.05) is 31.6 Å². The molecule has 7 nitrogen and oxygen atoms in total. The Labute approximate surface area is 194 Å². The Balaban J connectivity index is 1.96. The minimum Gasteiger partial charge on any atom is -0.364 e. The maximum absolute atomic E-state index is 11.7. The van der Waals surface area contributed by atoms with Gasteiger partial charge in [-0.3, -0.25) is 0 Å². The highest BCUT2D eigenvalue weighted by molar-refractivity contribution is 7.98. The Morgan fingerprint density at radius 1 is 1.22 bits per heavy atom. The van der Waals surface area contributed by atoms with Gasteiger partial charge in [-0.05, 0) is 49.7 Å². The van der Waals surface area contributed by atoms with E-state index >= 15 is 0 Å². The topological polar surface area (TPSA) is 81.7 Å². The van der Waals surface area contributed by atoms with Crippen molar-refractivity contribution in [1.29, 1.82) is 5.26 Å². The van der Waals surface area contributed by atoms with Gasteiger partial charge in [0.25, 0.3) is 0 Å². The summed E-state index contributed by atoms with van der Waals surface area (Å²) in [6, 6.07) is 9.05. The number of nitriles is 1. The van der Waals surface area contributed by atoms with Crippen LogP contribution < -0.4 is 4.90 Å². The molecule has 168 valence electrons. The first-order valence-corrected chi connectivity index (χ1v) is 13.4. The quantitative estimate of drug-likeness (QED) is 0.469. The summed E-state index contributed by atoms with van der Waals surface area (Å²) in [5.74, 6) is 1.22. The highest BCUT2D eigenvalue weighted by Gasteiger charge is 2.24. The number of hydrogen-bond donors (Lipinski definition) is 0. The number of aromatic nitrogens is 1. The summed E-state index contributed by atoms with van der Waals surface area (Å²) in [5.41, 5.74) is 2.64.